The normalized spacial score (nSPS) is 11.5. The summed E-state index contributed by atoms with van der Waals surface area (Å²) in [5, 5.41) is 4.18. The highest BCUT2D eigenvalue weighted by molar-refractivity contribution is 8.00. The molecule has 0 fully saturated rings. The number of hydrogen-bond acceptors (Lipinski definition) is 8. The number of aromatic nitrogens is 2. The van der Waals surface area contributed by atoms with Crippen molar-refractivity contribution >= 4 is 76.9 Å². The lowest BCUT2D eigenvalue weighted by atomic mass is 10.2. The Morgan fingerprint density at radius 3 is 2.71 bits per heavy atom. The van der Waals surface area contributed by atoms with Crippen LogP contribution in [0.15, 0.2) is 45.2 Å². The standard InChI is InChI=1S/C19H13N3O3S3/c1-24-12-5-3-4-9-8-13(25-14(9)12)17(23)22-18-20-10-6-7-11-16(15(10)27-18)28-19(21-11)26-2/h3-8H,1-2H3,(H,20,22,23). The van der Waals surface area contributed by atoms with Gasteiger partial charge in [-0.25, -0.2) is 9.97 Å². The van der Waals surface area contributed by atoms with Gasteiger partial charge in [-0.3, -0.25) is 10.1 Å². The Balaban J connectivity index is 1.50. The molecule has 1 amide bonds. The van der Waals surface area contributed by atoms with Gasteiger partial charge in [0.25, 0.3) is 5.91 Å². The Morgan fingerprint density at radius 2 is 1.93 bits per heavy atom. The first-order chi connectivity index (χ1) is 13.7. The monoisotopic (exact) mass is 427 g/mol. The summed E-state index contributed by atoms with van der Waals surface area (Å²) < 4.78 is 14.1. The third-order valence-corrected chi connectivity index (χ3v) is 7.45. The molecule has 28 heavy (non-hydrogen) atoms. The Kier molecular flexibility index (Phi) is 4.22. The molecule has 0 spiro atoms. The highest BCUT2D eigenvalue weighted by Crippen LogP contribution is 2.38. The van der Waals surface area contributed by atoms with E-state index in [1.165, 1.54) is 11.3 Å². The maximum Gasteiger partial charge on any atom is 0.293 e. The van der Waals surface area contributed by atoms with Crippen molar-refractivity contribution in [2.24, 2.45) is 0 Å². The lowest BCUT2D eigenvalue weighted by molar-refractivity contribution is 0.0998. The van der Waals surface area contributed by atoms with Crippen molar-refractivity contribution in [2.75, 3.05) is 18.7 Å². The summed E-state index contributed by atoms with van der Waals surface area (Å²) in [6, 6.07) is 11.1. The molecule has 0 saturated carbocycles. The summed E-state index contributed by atoms with van der Waals surface area (Å²) in [6.45, 7) is 0. The maximum absolute atomic E-state index is 12.7. The fourth-order valence-corrected chi connectivity index (χ4v) is 5.61. The zero-order valence-electron chi connectivity index (χ0n) is 14.8. The maximum atomic E-state index is 12.7. The number of carbonyl (C=O) groups excluding carboxylic acids is 1. The average Bonchev–Trinajstić information content (AvgIpc) is 3.41. The Bertz CT molecular complexity index is 1350. The van der Waals surface area contributed by atoms with Crippen LogP contribution >= 0.6 is 34.4 Å². The van der Waals surface area contributed by atoms with Gasteiger partial charge in [0.05, 0.1) is 27.5 Å². The van der Waals surface area contributed by atoms with Crippen LogP contribution in [-0.2, 0) is 0 Å². The smallest absolute Gasteiger partial charge is 0.293 e. The second-order valence-corrected chi connectivity index (χ2v) is 8.96. The minimum Gasteiger partial charge on any atom is -0.493 e. The fraction of sp³-hybridized carbons (Fsp3) is 0.105. The number of amides is 1. The highest BCUT2D eigenvalue weighted by Gasteiger charge is 2.18. The number of benzene rings is 2. The van der Waals surface area contributed by atoms with Gasteiger partial charge >= 0.3 is 0 Å². The first-order valence-corrected chi connectivity index (χ1v) is 11.1. The van der Waals surface area contributed by atoms with E-state index in [4.69, 9.17) is 9.15 Å². The van der Waals surface area contributed by atoms with Gasteiger partial charge < -0.3 is 9.15 Å². The Morgan fingerprint density at radius 1 is 1.14 bits per heavy atom. The van der Waals surface area contributed by atoms with Crippen molar-refractivity contribution in [1.29, 1.82) is 0 Å². The van der Waals surface area contributed by atoms with Crippen LogP contribution in [0.3, 0.4) is 0 Å². The molecule has 0 saturated heterocycles. The van der Waals surface area contributed by atoms with Gasteiger partial charge in [0.1, 0.15) is 0 Å². The lowest BCUT2D eigenvalue weighted by Crippen LogP contribution is -2.10. The van der Waals surface area contributed by atoms with E-state index in [0.29, 0.717) is 16.5 Å². The molecule has 9 heteroatoms. The number of fused-ring (bicyclic) bond motifs is 4. The summed E-state index contributed by atoms with van der Waals surface area (Å²) in [7, 11) is 1.57. The number of nitrogens with zero attached hydrogens (tertiary/aromatic N) is 2. The Hall–Kier alpha value is -2.62. The number of hydrogen-bond donors (Lipinski definition) is 1. The van der Waals surface area contributed by atoms with Gasteiger partial charge in [-0.2, -0.15) is 0 Å². The van der Waals surface area contributed by atoms with E-state index in [-0.39, 0.29) is 11.7 Å². The first kappa shape index (κ1) is 17.5. The number of carbonyl (C=O) groups is 1. The van der Waals surface area contributed by atoms with Gasteiger partial charge in [0.15, 0.2) is 26.6 Å². The number of thiazole rings is 2. The predicted octanol–water partition coefficient (Wildman–Crippen LogP) is 5.64. The number of thioether (sulfide) groups is 1. The van der Waals surface area contributed by atoms with E-state index in [9.17, 15) is 4.79 Å². The van der Waals surface area contributed by atoms with Crippen molar-refractivity contribution in [2.45, 2.75) is 4.34 Å². The van der Waals surface area contributed by atoms with Crippen LogP contribution in [0, 0.1) is 0 Å². The van der Waals surface area contributed by atoms with E-state index < -0.39 is 0 Å². The molecule has 5 aromatic rings. The van der Waals surface area contributed by atoms with Crippen molar-refractivity contribution in [3.8, 4) is 5.75 Å². The van der Waals surface area contributed by atoms with Gasteiger partial charge in [-0.05, 0) is 30.5 Å². The molecule has 2 aromatic carbocycles. The minimum atomic E-state index is -0.345. The van der Waals surface area contributed by atoms with Gasteiger partial charge in [0, 0.05) is 5.39 Å². The number of methoxy groups -OCH3 is 1. The van der Waals surface area contributed by atoms with Crippen LogP contribution in [0.25, 0.3) is 31.4 Å². The van der Waals surface area contributed by atoms with Crippen molar-refractivity contribution in [3.05, 3.63) is 42.2 Å². The molecule has 0 aliphatic rings. The van der Waals surface area contributed by atoms with Gasteiger partial charge in [-0.15, -0.1) is 11.3 Å². The fourth-order valence-electron chi connectivity index (χ4n) is 2.96. The number of para-hydroxylation sites is 1. The molecule has 1 N–H and O–H groups in total. The molecule has 0 aliphatic heterocycles. The molecule has 0 radical (unpaired) electrons. The molecular formula is C19H13N3O3S3. The van der Waals surface area contributed by atoms with Gasteiger partial charge in [-0.1, -0.05) is 35.2 Å². The molecule has 0 bridgehead atoms. The minimum absolute atomic E-state index is 0.214. The molecular weight excluding hydrogens is 414 g/mol. The molecule has 0 unspecified atom stereocenters. The quantitative estimate of drug-likeness (QED) is 0.374. The largest absolute Gasteiger partial charge is 0.493 e. The molecule has 140 valence electrons. The number of nitrogens with one attached hydrogen (secondary N) is 1. The number of ether oxygens (including phenoxy) is 1. The SMILES string of the molecule is COc1cccc2cc(C(=O)Nc3nc4ccc5nc(SC)sc5c4s3)oc12. The lowest BCUT2D eigenvalue weighted by Gasteiger charge is -1.99. The summed E-state index contributed by atoms with van der Waals surface area (Å²) in [5.74, 6) is 0.461. The average molecular weight is 428 g/mol. The van der Waals surface area contributed by atoms with E-state index in [1.807, 2.05) is 30.5 Å². The second kappa shape index (κ2) is 6.77. The first-order valence-electron chi connectivity index (χ1n) is 8.28. The van der Waals surface area contributed by atoms with Crippen LogP contribution in [0.5, 0.6) is 5.75 Å². The van der Waals surface area contributed by atoms with Crippen molar-refractivity contribution in [1.82, 2.24) is 9.97 Å². The van der Waals surface area contributed by atoms with E-state index in [2.05, 4.69) is 15.3 Å². The second-order valence-electron chi connectivity index (χ2n) is 5.91. The Labute approximate surface area is 171 Å². The molecule has 3 heterocycles. The summed E-state index contributed by atoms with van der Waals surface area (Å²) in [5.41, 5.74) is 2.35. The highest BCUT2D eigenvalue weighted by atomic mass is 32.2. The number of rotatable bonds is 4. The third-order valence-electron chi connectivity index (χ3n) is 4.24. The summed E-state index contributed by atoms with van der Waals surface area (Å²) in [4.78, 5) is 21.8. The molecule has 5 rings (SSSR count). The van der Waals surface area contributed by atoms with Crippen molar-refractivity contribution in [3.63, 3.8) is 0 Å². The van der Waals surface area contributed by atoms with Crippen LogP contribution in [0.2, 0.25) is 0 Å². The van der Waals surface area contributed by atoms with Crippen LogP contribution < -0.4 is 10.1 Å². The molecule has 0 aliphatic carbocycles. The van der Waals surface area contributed by atoms with E-state index in [0.717, 1.165) is 30.2 Å². The van der Waals surface area contributed by atoms with Crippen LogP contribution in [-0.4, -0.2) is 29.2 Å². The predicted molar refractivity (Wildman–Crippen MR) is 115 cm³/mol. The molecule has 3 aromatic heterocycles. The van der Waals surface area contributed by atoms with E-state index in [1.54, 1.807) is 42.3 Å². The number of anilines is 1. The molecule has 6 nitrogen and oxygen atoms in total. The van der Waals surface area contributed by atoms with Crippen LogP contribution in [0.1, 0.15) is 10.6 Å². The molecule has 0 atom stereocenters. The van der Waals surface area contributed by atoms with Crippen LogP contribution in [0.4, 0.5) is 5.13 Å². The van der Waals surface area contributed by atoms with Gasteiger partial charge in [0.2, 0.25) is 0 Å². The third kappa shape index (κ3) is 2.83. The zero-order chi connectivity index (χ0) is 19.3. The summed E-state index contributed by atoms with van der Waals surface area (Å²) in [6.07, 6.45) is 2.01. The van der Waals surface area contributed by atoms with Crippen molar-refractivity contribution < 1.29 is 13.9 Å². The summed E-state index contributed by atoms with van der Waals surface area (Å²) >= 11 is 4.70. The topological polar surface area (TPSA) is 77.2 Å². The number of furan rings is 1. The zero-order valence-corrected chi connectivity index (χ0v) is 17.3. The van der Waals surface area contributed by atoms with E-state index >= 15 is 0 Å².